The van der Waals surface area contributed by atoms with Crippen molar-refractivity contribution in [3.8, 4) is 0 Å². The minimum absolute atomic E-state index is 0.0969. The molecule has 1 aliphatic heterocycles. The van der Waals surface area contributed by atoms with E-state index in [-0.39, 0.29) is 17.8 Å². The maximum absolute atomic E-state index is 12.1. The van der Waals surface area contributed by atoms with Crippen LogP contribution in [-0.4, -0.2) is 61.5 Å². The van der Waals surface area contributed by atoms with E-state index in [0.717, 1.165) is 38.9 Å². The first-order valence-corrected chi connectivity index (χ1v) is 10.2. The van der Waals surface area contributed by atoms with Crippen molar-refractivity contribution < 1.29 is 14.3 Å². The van der Waals surface area contributed by atoms with Gasteiger partial charge in [-0.15, -0.1) is 0 Å². The monoisotopic (exact) mass is 354 g/mol. The molecular formula is C20H38N2O3. The number of likely N-dealkylation sites (tertiary alicyclic amines) is 1. The summed E-state index contributed by atoms with van der Waals surface area (Å²) in [5.41, 5.74) is 0. The summed E-state index contributed by atoms with van der Waals surface area (Å²) in [7, 11) is 2.15. The summed E-state index contributed by atoms with van der Waals surface area (Å²) >= 11 is 0. The summed E-state index contributed by atoms with van der Waals surface area (Å²) in [5.74, 6) is -0.367. The average molecular weight is 355 g/mol. The molecule has 5 nitrogen and oxygen atoms in total. The van der Waals surface area contributed by atoms with Crippen molar-refractivity contribution in [1.29, 1.82) is 0 Å². The molecular weight excluding hydrogens is 316 g/mol. The molecule has 0 saturated carbocycles. The van der Waals surface area contributed by atoms with Gasteiger partial charge in [0.25, 0.3) is 0 Å². The SMILES string of the molecule is CCCCCCCN(C)CCCN1CC(C(=O)OCCCC)CC1=O. The average Bonchev–Trinajstić information content (AvgIpc) is 2.96. The maximum Gasteiger partial charge on any atom is 0.311 e. The molecule has 1 atom stereocenters. The number of unbranched alkanes of at least 4 members (excludes halogenated alkanes) is 5. The van der Waals surface area contributed by atoms with Gasteiger partial charge in [-0.05, 0) is 39.4 Å². The highest BCUT2D eigenvalue weighted by molar-refractivity contribution is 5.86. The van der Waals surface area contributed by atoms with Crippen LogP contribution in [0.15, 0.2) is 0 Å². The highest BCUT2D eigenvalue weighted by atomic mass is 16.5. The Bertz CT molecular complexity index is 387. The first-order valence-electron chi connectivity index (χ1n) is 10.2. The minimum atomic E-state index is -0.263. The molecule has 1 saturated heterocycles. The van der Waals surface area contributed by atoms with Crippen molar-refractivity contribution in [2.45, 2.75) is 71.6 Å². The number of amides is 1. The Morgan fingerprint density at radius 3 is 2.48 bits per heavy atom. The summed E-state index contributed by atoms with van der Waals surface area (Å²) in [6.45, 7) is 8.19. The Labute approximate surface area is 154 Å². The minimum Gasteiger partial charge on any atom is -0.465 e. The zero-order valence-corrected chi connectivity index (χ0v) is 16.6. The molecule has 0 aliphatic carbocycles. The van der Waals surface area contributed by atoms with Crippen LogP contribution in [0.5, 0.6) is 0 Å². The van der Waals surface area contributed by atoms with E-state index in [1.165, 1.54) is 32.1 Å². The van der Waals surface area contributed by atoms with Crippen molar-refractivity contribution in [2.75, 3.05) is 39.8 Å². The van der Waals surface area contributed by atoms with Gasteiger partial charge < -0.3 is 14.5 Å². The second kappa shape index (κ2) is 13.2. The lowest BCUT2D eigenvalue weighted by Crippen LogP contribution is -2.30. The van der Waals surface area contributed by atoms with Gasteiger partial charge in [0.05, 0.1) is 12.5 Å². The van der Waals surface area contributed by atoms with E-state index < -0.39 is 0 Å². The Hall–Kier alpha value is -1.10. The fourth-order valence-corrected chi connectivity index (χ4v) is 3.21. The molecule has 0 aromatic rings. The number of esters is 1. The molecule has 0 N–H and O–H groups in total. The third-order valence-electron chi connectivity index (χ3n) is 4.90. The molecule has 1 aliphatic rings. The number of hydrogen-bond donors (Lipinski definition) is 0. The highest BCUT2D eigenvalue weighted by Crippen LogP contribution is 2.19. The summed E-state index contributed by atoms with van der Waals surface area (Å²) in [4.78, 5) is 28.2. The van der Waals surface area contributed by atoms with Gasteiger partial charge in [0.2, 0.25) is 5.91 Å². The molecule has 0 radical (unpaired) electrons. The lowest BCUT2D eigenvalue weighted by molar-refractivity contribution is -0.148. The topological polar surface area (TPSA) is 49.9 Å². The van der Waals surface area contributed by atoms with Gasteiger partial charge in [0.1, 0.15) is 0 Å². The number of carbonyl (C=O) groups is 2. The van der Waals surface area contributed by atoms with Crippen molar-refractivity contribution in [3.63, 3.8) is 0 Å². The van der Waals surface area contributed by atoms with Crippen LogP contribution >= 0.6 is 0 Å². The molecule has 1 unspecified atom stereocenters. The first kappa shape index (κ1) is 21.9. The zero-order chi connectivity index (χ0) is 18.5. The van der Waals surface area contributed by atoms with Gasteiger partial charge in [0, 0.05) is 19.5 Å². The summed E-state index contributed by atoms with van der Waals surface area (Å²) in [5, 5.41) is 0. The molecule has 1 heterocycles. The van der Waals surface area contributed by atoms with Crippen molar-refractivity contribution in [3.05, 3.63) is 0 Å². The van der Waals surface area contributed by atoms with Gasteiger partial charge in [-0.25, -0.2) is 0 Å². The van der Waals surface area contributed by atoms with Gasteiger partial charge in [-0.1, -0.05) is 46.0 Å². The third-order valence-corrected chi connectivity index (χ3v) is 4.90. The third kappa shape index (κ3) is 9.24. The molecule has 146 valence electrons. The van der Waals surface area contributed by atoms with Crippen LogP contribution in [0.25, 0.3) is 0 Å². The van der Waals surface area contributed by atoms with Gasteiger partial charge in [-0.2, -0.15) is 0 Å². The Morgan fingerprint density at radius 1 is 1.08 bits per heavy atom. The zero-order valence-electron chi connectivity index (χ0n) is 16.6. The predicted octanol–water partition coefficient (Wildman–Crippen LogP) is 3.47. The molecule has 5 heteroatoms. The molecule has 1 amide bonds. The lowest BCUT2D eigenvalue weighted by Gasteiger charge is -2.20. The van der Waals surface area contributed by atoms with Gasteiger partial charge in [0.15, 0.2) is 0 Å². The first-order chi connectivity index (χ1) is 12.1. The van der Waals surface area contributed by atoms with Gasteiger partial charge in [-0.3, -0.25) is 9.59 Å². The van der Waals surface area contributed by atoms with Crippen LogP contribution in [0.3, 0.4) is 0 Å². The van der Waals surface area contributed by atoms with Gasteiger partial charge >= 0.3 is 5.97 Å². The number of rotatable bonds is 14. The molecule has 1 rings (SSSR count). The molecule has 0 bridgehead atoms. The normalized spacial score (nSPS) is 17.5. The van der Waals surface area contributed by atoms with Crippen LogP contribution in [-0.2, 0) is 14.3 Å². The fourth-order valence-electron chi connectivity index (χ4n) is 3.21. The van der Waals surface area contributed by atoms with Crippen LogP contribution in [0, 0.1) is 5.92 Å². The molecule has 0 spiro atoms. The molecule has 0 aromatic carbocycles. The molecule has 0 aromatic heterocycles. The second-order valence-corrected chi connectivity index (χ2v) is 7.33. The standard InChI is InChI=1S/C20H38N2O3/c1-4-6-8-9-10-12-21(3)13-11-14-22-17-18(16-19(22)23)20(24)25-15-7-5-2/h18H,4-17H2,1-3H3. The van der Waals surface area contributed by atoms with E-state index in [1.807, 2.05) is 4.90 Å². The van der Waals surface area contributed by atoms with Crippen LogP contribution < -0.4 is 0 Å². The van der Waals surface area contributed by atoms with E-state index in [0.29, 0.717) is 19.6 Å². The second-order valence-electron chi connectivity index (χ2n) is 7.33. The largest absolute Gasteiger partial charge is 0.465 e. The number of carbonyl (C=O) groups excluding carboxylic acids is 2. The quantitative estimate of drug-likeness (QED) is 0.354. The van der Waals surface area contributed by atoms with E-state index in [2.05, 4.69) is 25.8 Å². The Balaban J connectivity index is 2.14. The van der Waals surface area contributed by atoms with Crippen LogP contribution in [0.4, 0.5) is 0 Å². The summed E-state index contributed by atoms with van der Waals surface area (Å²) < 4.78 is 5.25. The smallest absolute Gasteiger partial charge is 0.311 e. The number of nitrogens with zero attached hydrogens (tertiary/aromatic N) is 2. The molecule has 25 heavy (non-hydrogen) atoms. The van der Waals surface area contributed by atoms with Crippen molar-refractivity contribution in [2.24, 2.45) is 5.92 Å². The number of hydrogen-bond acceptors (Lipinski definition) is 4. The van der Waals surface area contributed by atoms with E-state index in [1.54, 1.807) is 0 Å². The van der Waals surface area contributed by atoms with Crippen LogP contribution in [0.1, 0.15) is 71.6 Å². The lowest BCUT2D eigenvalue weighted by atomic mass is 10.1. The highest BCUT2D eigenvalue weighted by Gasteiger charge is 2.34. The van der Waals surface area contributed by atoms with Crippen molar-refractivity contribution in [1.82, 2.24) is 9.80 Å². The Kier molecular flexibility index (Phi) is 11.5. The summed E-state index contributed by atoms with van der Waals surface area (Å²) in [6, 6.07) is 0. The van der Waals surface area contributed by atoms with E-state index in [9.17, 15) is 9.59 Å². The van der Waals surface area contributed by atoms with E-state index in [4.69, 9.17) is 4.74 Å². The Morgan fingerprint density at radius 2 is 1.76 bits per heavy atom. The maximum atomic E-state index is 12.1. The van der Waals surface area contributed by atoms with Crippen LogP contribution in [0.2, 0.25) is 0 Å². The summed E-state index contributed by atoms with van der Waals surface area (Å²) in [6.07, 6.45) is 9.70. The predicted molar refractivity (Wildman–Crippen MR) is 101 cm³/mol. The van der Waals surface area contributed by atoms with E-state index >= 15 is 0 Å². The number of ether oxygens (including phenoxy) is 1. The molecule has 1 fully saturated rings. The fraction of sp³-hybridized carbons (Fsp3) is 0.900. The van der Waals surface area contributed by atoms with Crippen molar-refractivity contribution >= 4 is 11.9 Å².